The zero-order valence-corrected chi connectivity index (χ0v) is 13.0. The predicted octanol–water partition coefficient (Wildman–Crippen LogP) is 2.29. The van der Waals surface area contributed by atoms with Crippen LogP contribution in [0.2, 0.25) is 0 Å². The van der Waals surface area contributed by atoms with Gasteiger partial charge in [-0.3, -0.25) is 9.89 Å². The molecule has 0 radical (unpaired) electrons. The second kappa shape index (κ2) is 6.22. The summed E-state index contributed by atoms with van der Waals surface area (Å²) in [5.74, 6) is 1.31. The third-order valence-electron chi connectivity index (χ3n) is 4.28. The average Bonchev–Trinajstić information content (AvgIpc) is 3.18. The van der Waals surface area contributed by atoms with Gasteiger partial charge >= 0.3 is 0 Å². The highest BCUT2D eigenvalue weighted by Crippen LogP contribution is 2.27. The number of amides is 1. The Morgan fingerprint density at radius 1 is 1.45 bits per heavy atom. The van der Waals surface area contributed by atoms with Crippen LogP contribution in [0.15, 0.2) is 30.5 Å². The summed E-state index contributed by atoms with van der Waals surface area (Å²) < 4.78 is 5.36. The largest absolute Gasteiger partial charge is 0.496 e. The van der Waals surface area contributed by atoms with Gasteiger partial charge in [-0.25, -0.2) is 0 Å². The maximum Gasteiger partial charge on any atom is 0.227 e. The smallest absolute Gasteiger partial charge is 0.227 e. The van der Waals surface area contributed by atoms with Gasteiger partial charge in [0.05, 0.1) is 13.5 Å². The van der Waals surface area contributed by atoms with Crippen molar-refractivity contribution in [2.24, 2.45) is 0 Å². The zero-order valence-electron chi connectivity index (χ0n) is 13.0. The number of carbonyl (C=O) groups excluding carboxylic acids is 1. The van der Waals surface area contributed by atoms with Crippen molar-refractivity contribution in [1.29, 1.82) is 0 Å². The van der Waals surface area contributed by atoms with Crippen molar-refractivity contribution >= 4 is 5.91 Å². The van der Waals surface area contributed by atoms with Crippen LogP contribution in [0, 0.1) is 6.92 Å². The van der Waals surface area contributed by atoms with Crippen LogP contribution in [0.4, 0.5) is 0 Å². The van der Waals surface area contributed by atoms with Gasteiger partial charge in [0.25, 0.3) is 0 Å². The van der Waals surface area contributed by atoms with Crippen molar-refractivity contribution in [3.8, 4) is 5.75 Å². The highest BCUT2D eigenvalue weighted by Gasteiger charge is 2.28. The quantitative estimate of drug-likeness (QED) is 0.942. The van der Waals surface area contributed by atoms with Crippen LogP contribution in [0.3, 0.4) is 0 Å². The number of carbonyl (C=O) groups is 1. The molecule has 5 nitrogen and oxygen atoms in total. The minimum atomic E-state index is 0.158. The number of benzene rings is 1. The Labute approximate surface area is 130 Å². The molecule has 1 amide bonds. The zero-order chi connectivity index (χ0) is 15.5. The molecule has 0 saturated carbocycles. The number of aryl methyl sites for hydroxylation is 1. The highest BCUT2D eigenvalue weighted by atomic mass is 16.5. The molecule has 116 valence electrons. The van der Waals surface area contributed by atoms with Gasteiger partial charge in [-0.15, -0.1) is 0 Å². The van der Waals surface area contributed by atoms with Gasteiger partial charge in [0, 0.05) is 36.5 Å². The van der Waals surface area contributed by atoms with E-state index < -0.39 is 0 Å². The van der Waals surface area contributed by atoms with Crippen LogP contribution in [-0.4, -0.2) is 41.2 Å². The van der Waals surface area contributed by atoms with Gasteiger partial charge in [0.15, 0.2) is 0 Å². The number of aromatic amines is 1. The van der Waals surface area contributed by atoms with Crippen molar-refractivity contribution in [3.05, 3.63) is 47.3 Å². The fraction of sp³-hybridized carbons (Fsp3) is 0.412. The number of hydrogen-bond donors (Lipinski definition) is 1. The van der Waals surface area contributed by atoms with Crippen LogP contribution in [0.1, 0.15) is 29.2 Å². The predicted molar refractivity (Wildman–Crippen MR) is 84.0 cm³/mol. The molecule has 1 saturated heterocycles. The number of methoxy groups -OCH3 is 1. The van der Waals surface area contributed by atoms with E-state index in [-0.39, 0.29) is 5.91 Å². The Bertz CT molecular complexity index is 652. The fourth-order valence-electron chi connectivity index (χ4n) is 3.05. The van der Waals surface area contributed by atoms with E-state index in [2.05, 4.69) is 10.2 Å². The lowest BCUT2D eigenvalue weighted by atomic mass is 10.1. The summed E-state index contributed by atoms with van der Waals surface area (Å²) in [6, 6.07) is 7.94. The number of likely N-dealkylation sites (tertiary alicyclic amines) is 1. The Hall–Kier alpha value is -2.30. The van der Waals surface area contributed by atoms with Crippen molar-refractivity contribution in [2.75, 3.05) is 20.2 Å². The van der Waals surface area contributed by atoms with Crippen molar-refractivity contribution < 1.29 is 9.53 Å². The first-order valence-electron chi connectivity index (χ1n) is 7.58. The van der Waals surface area contributed by atoms with E-state index >= 15 is 0 Å². The van der Waals surface area contributed by atoms with E-state index in [0.717, 1.165) is 42.1 Å². The molecular formula is C17H21N3O2. The monoisotopic (exact) mass is 299 g/mol. The molecule has 1 atom stereocenters. The number of nitrogens with zero attached hydrogens (tertiary/aromatic N) is 2. The first-order chi connectivity index (χ1) is 10.7. The van der Waals surface area contributed by atoms with Crippen molar-refractivity contribution in [1.82, 2.24) is 15.1 Å². The molecule has 1 aromatic carbocycles. The van der Waals surface area contributed by atoms with E-state index in [1.807, 2.05) is 36.1 Å². The van der Waals surface area contributed by atoms with E-state index in [4.69, 9.17) is 4.74 Å². The van der Waals surface area contributed by atoms with E-state index in [1.54, 1.807) is 13.3 Å². The van der Waals surface area contributed by atoms with Gasteiger partial charge in [-0.2, -0.15) is 5.10 Å². The Balaban J connectivity index is 1.67. The molecule has 2 aromatic rings. The molecule has 0 bridgehead atoms. The second-order valence-electron chi connectivity index (χ2n) is 5.83. The van der Waals surface area contributed by atoms with Gasteiger partial charge in [-0.1, -0.05) is 17.7 Å². The average molecular weight is 299 g/mol. The fourth-order valence-corrected chi connectivity index (χ4v) is 3.05. The lowest BCUT2D eigenvalue weighted by Crippen LogP contribution is -2.30. The van der Waals surface area contributed by atoms with E-state index in [0.29, 0.717) is 12.3 Å². The highest BCUT2D eigenvalue weighted by molar-refractivity contribution is 5.80. The molecule has 1 aliphatic heterocycles. The number of ether oxygens (including phenoxy) is 1. The van der Waals surface area contributed by atoms with Gasteiger partial charge in [0.1, 0.15) is 5.75 Å². The number of nitrogens with one attached hydrogen (secondary N) is 1. The summed E-state index contributed by atoms with van der Waals surface area (Å²) in [4.78, 5) is 14.5. The maximum absolute atomic E-state index is 12.6. The summed E-state index contributed by atoms with van der Waals surface area (Å²) in [6.07, 6.45) is 3.14. The number of H-pyrrole nitrogens is 1. The third kappa shape index (κ3) is 2.98. The molecule has 0 unspecified atom stereocenters. The molecule has 5 heteroatoms. The molecule has 0 spiro atoms. The SMILES string of the molecule is COc1ccc(C)cc1CC(=O)N1CC[C@H](c2ccn[nH]2)C1. The molecule has 22 heavy (non-hydrogen) atoms. The Morgan fingerprint density at radius 3 is 3.05 bits per heavy atom. The topological polar surface area (TPSA) is 58.2 Å². The van der Waals surface area contributed by atoms with Crippen molar-refractivity contribution in [3.63, 3.8) is 0 Å². The minimum absolute atomic E-state index is 0.158. The Kier molecular flexibility index (Phi) is 4.13. The second-order valence-corrected chi connectivity index (χ2v) is 5.83. The summed E-state index contributed by atoms with van der Waals surface area (Å²) in [7, 11) is 1.64. The molecule has 1 aromatic heterocycles. The molecule has 1 N–H and O–H groups in total. The molecular weight excluding hydrogens is 278 g/mol. The third-order valence-corrected chi connectivity index (χ3v) is 4.28. The van der Waals surface area contributed by atoms with E-state index in [1.165, 1.54) is 0 Å². The first kappa shape index (κ1) is 14.6. The molecule has 1 fully saturated rings. The van der Waals surface area contributed by atoms with Crippen molar-refractivity contribution in [2.45, 2.75) is 25.7 Å². The van der Waals surface area contributed by atoms with Gasteiger partial charge in [0.2, 0.25) is 5.91 Å². The minimum Gasteiger partial charge on any atom is -0.496 e. The van der Waals surface area contributed by atoms with E-state index in [9.17, 15) is 4.79 Å². The van der Waals surface area contributed by atoms with Crippen LogP contribution >= 0.6 is 0 Å². The van der Waals surface area contributed by atoms with Gasteiger partial charge in [-0.05, 0) is 25.5 Å². The number of aromatic nitrogens is 2. The summed E-state index contributed by atoms with van der Waals surface area (Å²) in [5, 5.41) is 7.00. The molecule has 1 aliphatic rings. The molecule has 0 aliphatic carbocycles. The van der Waals surface area contributed by atoms with Crippen LogP contribution in [-0.2, 0) is 11.2 Å². The standard InChI is InChI=1S/C17H21N3O2/c1-12-3-4-16(22-2)14(9-12)10-17(21)20-8-6-13(11-20)15-5-7-18-19-15/h3-5,7,9,13H,6,8,10-11H2,1-2H3,(H,18,19)/t13-/m0/s1. The molecule has 2 heterocycles. The Morgan fingerprint density at radius 2 is 2.32 bits per heavy atom. The van der Waals surface area contributed by atoms with Crippen LogP contribution in [0.5, 0.6) is 5.75 Å². The summed E-state index contributed by atoms with van der Waals surface area (Å²) in [5.41, 5.74) is 3.21. The number of hydrogen-bond acceptors (Lipinski definition) is 3. The lowest BCUT2D eigenvalue weighted by Gasteiger charge is -2.17. The van der Waals surface area contributed by atoms with Crippen LogP contribution in [0.25, 0.3) is 0 Å². The maximum atomic E-state index is 12.6. The molecule has 3 rings (SSSR count). The summed E-state index contributed by atoms with van der Waals surface area (Å²) in [6.45, 7) is 3.59. The summed E-state index contributed by atoms with van der Waals surface area (Å²) >= 11 is 0. The number of rotatable bonds is 4. The lowest BCUT2D eigenvalue weighted by molar-refractivity contribution is -0.129. The van der Waals surface area contributed by atoms with Gasteiger partial charge < -0.3 is 9.64 Å². The normalized spacial score (nSPS) is 17.7. The van der Waals surface area contributed by atoms with Crippen LogP contribution < -0.4 is 4.74 Å². The first-order valence-corrected chi connectivity index (χ1v) is 7.58.